The van der Waals surface area contributed by atoms with Crippen LogP contribution in [0, 0.1) is 13.8 Å². The highest BCUT2D eigenvalue weighted by atomic mass is 16.1. The Morgan fingerprint density at radius 1 is 1.17 bits per heavy atom. The predicted octanol–water partition coefficient (Wildman–Crippen LogP) is 2.87. The van der Waals surface area contributed by atoms with Crippen LogP contribution < -0.4 is 10.9 Å². The molecule has 0 unspecified atom stereocenters. The van der Waals surface area contributed by atoms with Gasteiger partial charge in [-0.1, -0.05) is 23.8 Å². The first kappa shape index (κ1) is 19.0. The molecule has 0 radical (unpaired) electrons. The number of amides is 1. The van der Waals surface area contributed by atoms with Crippen LogP contribution in [0.25, 0.3) is 5.95 Å². The van der Waals surface area contributed by atoms with Crippen molar-refractivity contribution in [2.75, 3.05) is 5.32 Å². The van der Waals surface area contributed by atoms with Crippen LogP contribution in [0.15, 0.2) is 41.6 Å². The summed E-state index contributed by atoms with van der Waals surface area (Å²) in [6.07, 6.45) is 7.14. The van der Waals surface area contributed by atoms with Crippen molar-refractivity contribution in [1.82, 2.24) is 19.7 Å². The molecule has 0 saturated heterocycles. The van der Waals surface area contributed by atoms with Gasteiger partial charge in [0.2, 0.25) is 5.91 Å². The van der Waals surface area contributed by atoms with Crippen LogP contribution in [-0.2, 0) is 17.6 Å². The second-order valence-corrected chi connectivity index (χ2v) is 7.62. The van der Waals surface area contributed by atoms with Gasteiger partial charge in [0.15, 0.2) is 0 Å². The monoisotopic (exact) mass is 389 g/mol. The van der Waals surface area contributed by atoms with Crippen molar-refractivity contribution in [3.63, 3.8) is 0 Å². The number of anilines is 1. The Balaban J connectivity index is 1.61. The first-order valence-corrected chi connectivity index (χ1v) is 9.69. The Labute approximate surface area is 168 Å². The van der Waals surface area contributed by atoms with Crippen LogP contribution in [0.5, 0.6) is 0 Å². The molecule has 29 heavy (non-hydrogen) atoms. The van der Waals surface area contributed by atoms with E-state index < -0.39 is 0 Å². The number of aromatic nitrogens is 4. The third kappa shape index (κ3) is 3.81. The molecule has 3 aromatic rings. The first-order valence-electron chi connectivity index (χ1n) is 9.69. The van der Waals surface area contributed by atoms with Gasteiger partial charge >= 0.3 is 0 Å². The lowest BCUT2D eigenvalue weighted by Gasteiger charge is -2.26. The molecule has 7 heteroatoms. The number of carbonyl (C=O) groups excluding carboxylic acids is 1. The van der Waals surface area contributed by atoms with E-state index in [1.54, 1.807) is 6.20 Å². The number of carbonyl (C=O) groups is 1. The standard InChI is InChI=1S/C22H23N5O2/c1-13-4-6-19(14(2)8-13)16-5-7-20-17(9-16)10-25-27(21(20)29)22-23-11-18(12-24-22)26-15(3)28/h4,6,8,10-12,16H,5,7,9H2,1-3H3,(H,26,28)/t16-/m0/s1. The summed E-state index contributed by atoms with van der Waals surface area (Å²) in [5, 5.41) is 6.91. The molecule has 1 amide bonds. The van der Waals surface area contributed by atoms with Gasteiger partial charge in [0.1, 0.15) is 0 Å². The summed E-state index contributed by atoms with van der Waals surface area (Å²) in [5.74, 6) is 0.389. The number of hydrogen-bond acceptors (Lipinski definition) is 5. The molecule has 1 aromatic carbocycles. The van der Waals surface area contributed by atoms with Crippen LogP contribution >= 0.6 is 0 Å². The third-order valence-corrected chi connectivity index (χ3v) is 5.39. The van der Waals surface area contributed by atoms with Crippen molar-refractivity contribution in [2.45, 2.75) is 46.0 Å². The molecule has 2 aromatic heterocycles. The van der Waals surface area contributed by atoms with Crippen LogP contribution in [0.2, 0.25) is 0 Å². The van der Waals surface area contributed by atoms with E-state index in [0.717, 1.165) is 24.0 Å². The van der Waals surface area contributed by atoms with Crippen molar-refractivity contribution >= 4 is 11.6 Å². The second kappa shape index (κ2) is 7.58. The van der Waals surface area contributed by atoms with Crippen molar-refractivity contribution in [1.29, 1.82) is 0 Å². The fourth-order valence-corrected chi connectivity index (χ4v) is 4.04. The van der Waals surface area contributed by atoms with Crippen LogP contribution in [0.4, 0.5) is 5.69 Å². The van der Waals surface area contributed by atoms with E-state index in [-0.39, 0.29) is 17.4 Å². The van der Waals surface area contributed by atoms with E-state index in [0.29, 0.717) is 18.0 Å². The number of rotatable bonds is 3. The largest absolute Gasteiger partial charge is 0.324 e. The number of nitrogens with zero attached hydrogens (tertiary/aromatic N) is 4. The number of nitrogens with one attached hydrogen (secondary N) is 1. The summed E-state index contributed by atoms with van der Waals surface area (Å²) < 4.78 is 1.23. The van der Waals surface area contributed by atoms with Gasteiger partial charge in [-0.05, 0) is 55.7 Å². The van der Waals surface area contributed by atoms with Gasteiger partial charge < -0.3 is 5.32 Å². The van der Waals surface area contributed by atoms with Crippen molar-refractivity contribution in [3.8, 4) is 5.95 Å². The maximum Gasteiger partial charge on any atom is 0.277 e. The van der Waals surface area contributed by atoms with E-state index in [2.05, 4.69) is 52.4 Å². The number of fused-ring (bicyclic) bond motifs is 1. The lowest BCUT2D eigenvalue weighted by atomic mass is 9.79. The Kier molecular flexibility index (Phi) is 4.96. The molecule has 0 bridgehead atoms. The summed E-state index contributed by atoms with van der Waals surface area (Å²) in [7, 11) is 0. The van der Waals surface area contributed by atoms with Crippen LogP contribution in [0.1, 0.15) is 47.1 Å². The van der Waals surface area contributed by atoms with E-state index in [1.807, 2.05) is 0 Å². The average Bonchev–Trinajstić information content (AvgIpc) is 2.68. The minimum absolute atomic E-state index is 0.172. The fraction of sp³-hybridized carbons (Fsp3) is 0.318. The molecule has 148 valence electrons. The molecule has 1 N–H and O–H groups in total. The van der Waals surface area contributed by atoms with Gasteiger partial charge in [-0.15, -0.1) is 0 Å². The van der Waals surface area contributed by atoms with Gasteiger partial charge in [-0.3, -0.25) is 9.59 Å². The molecular formula is C22H23N5O2. The maximum atomic E-state index is 13.0. The molecule has 0 aliphatic heterocycles. The molecule has 0 saturated carbocycles. The van der Waals surface area contributed by atoms with E-state index in [4.69, 9.17) is 0 Å². The number of benzene rings is 1. The predicted molar refractivity (Wildman–Crippen MR) is 110 cm³/mol. The molecule has 7 nitrogen and oxygen atoms in total. The third-order valence-electron chi connectivity index (χ3n) is 5.39. The smallest absolute Gasteiger partial charge is 0.277 e. The van der Waals surface area contributed by atoms with Gasteiger partial charge in [-0.2, -0.15) is 9.78 Å². The van der Waals surface area contributed by atoms with Gasteiger partial charge in [0.05, 0.1) is 24.3 Å². The maximum absolute atomic E-state index is 13.0. The van der Waals surface area contributed by atoms with Gasteiger partial charge in [-0.25, -0.2) is 9.97 Å². The van der Waals surface area contributed by atoms with Crippen LogP contribution in [0.3, 0.4) is 0 Å². The zero-order chi connectivity index (χ0) is 20.5. The van der Waals surface area contributed by atoms with Crippen molar-refractivity contribution in [2.24, 2.45) is 0 Å². The SMILES string of the molecule is CC(=O)Nc1cnc(-n2ncc3c(c2=O)CC[C@H](c2ccc(C)cc2C)C3)nc1. The highest BCUT2D eigenvalue weighted by molar-refractivity contribution is 5.88. The molecule has 2 heterocycles. The molecular weight excluding hydrogens is 366 g/mol. The highest BCUT2D eigenvalue weighted by Gasteiger charge is 2.25. The summed E-state index contributed by atoms with van der Waals surface area (Å²) in [6, 6.07) is 6.57. The summed E-state index contributed by atoms with van der Waals surface area (Å²) in [4.78, 5) is 32.4. The molecule has 1 aliphatic carbocycles. The Hall–Kier alpha value is -3.35. The Bertz CT molecular complexity index is 1130. The van der Waals surface area contributed by atoms with Crippen molar-refractivity contribution < 1.29 is 4.79 Å². The Morgan fingerprint density at radius 3 is 2.62 bits per heavy atom. The highest BCUT2D eigenvalue weighted by Crippen LogP contribution is 2.33. The number of hydrogen-bond donors (Lipinski definition) is 1. The number of aryl methyl sites for hydroxylation is 2. The molecule has 1 atom stereocenters. The first-order chi connectivity index (χ1) is 13.9. The van der Waals surface area contributed by atoms with Crippen LogP contribution in [-0.4, -0.2) is 25.7 Å². The zero-order valence-electron chi connectivity index (χ0n) is 16.8. The van der Waals surface area contributed by atoms with E-state index >= 15 is 0 Å². The topological polar surface area (TPSA) is 89.8 Å². The average molecular weight is 389 g/mol. The summed E-state index contributed by atoms with van der Waals surface area (Å²) >= 11 is 0. The molecule has 4 rings (SSSR count). The summed E-state index contributed by atoms with van der Waals surface area (Å²) in [5.41, 5.74) is 6.00. The minimum Gasteiger partial charge on any atom is -0.324 e. The zero-order valence-corrected chi connectivity index (χ0v) is 16.8. The Morgan fingerprint density at radius 2 is 1.93 bits per heavy atom. The molecule has 0 fully saturated rings. The molecule has 0 spiro atoms. The van der Waals surface area contributed by atoms with E-state index in [9.17, 15) is 9.59 Å². The fourth-order valence-electron chi connectivity index (χ4n) is 4.04. The van der Waals surface area contributed by atoms with Gasteiger partial charge in [0.25, 0.3) is 11.5 Å². The quantitative estimate of drug-likeness (QED) is 0.744. The lowest BCUT2D eigenvalue weighted by Crippen LogP contribution is -2.30. The van der Waals surface area contributed by atoms with Crippen molar-refractivity contribution in [3.05, 3.63) is 75.0 Å². The van der Waals surface area contributed by atoms with E-state index in [1.165, 1.54) is 40.7 Å². The lowest BCUT2D eigenvalue weighted by molar-refractivity contribution is -0.114. The van der Waals surface area contributed by atoms with Gasteiger partial charge in [0, 0.05) is 12.5 Å². The molecule has 1 aliphatic rings. The summed E-state index contributed by atoms with van der Waals surface area (Å²) in [6.45, 7) is 5.66. The second-order valence-electron chi connectivity index (χ2n) is 7.62. The minimum atomic E-state index is -0.205. The normalized spacial score (nSPS) is 15.6.